The highest BCUT2D eigenvalue weighted by molar-refractivity contribution is 5.48. The molecule has 0 aliphatic rings. The molecular weight excluding hydrogens is 234 g/mol. The Morgan fingerprint density at radius 2 is 2.22 bits per heavy atom. The van der Waals surface area contributed by atoms with Crippen LogP contribution < -0.4 is 5.73 Å². The van der Waals surface area contributed by atoms with Crippen molar-refractivity contribution in [3.8, 4) is 5.69 Å². The number of nitrogens with two attached hydrogens (primary N) is 1. The van der Waals surface area contributed by atoms with Crippen molar-refractivity contribution >= 4 is 5.69 Å². The molecule has 0 aliphatic heterocycles. The summed E-state index contributed by atoms with van der Waals surface area (Å²) in [4.78, 5) is 10.4. The second-order valence-electron chi connectivity index (χ2n) is 4.10. The third-order valence-corrected chi connectivity index (χ3v) is 2.63. The first-order valence-corrected chi connectivity index (χ1v) is 5.42. The minimum Gasteiger partial charge on any atom is -0.323 e. The van der Waals surface area contributed by atoms with Gasteiger partial charge in [0.2, 0.25) is 0 Å². The fraction of sp³-hybridized carbons (Fsp3) is 0.273. The van der Waals surface area contributed by atoms with Crippen molar-refractivity contribution in [2.75, 3.05) is 0 Å². The zero-order valence-corrected chi connectivity index (χ0v) is 10.1. The fourth-order valence-corrected chi connectivity index (χ4v) is 1.55. The van der Waals surface area contributed by atoms with Crippen LogP contribution in [0.1, 0.15) is 24.2 Å². The van der Waals surface area contributed by atoms with Crippen LogP contribution >= 0.6 is 0 Å². The number of nitrogens with zero attached hydrogens (tertiary/aromatic N) is 4. The summed E-state index contributed by atoms with van der Waals surface area (Å²) in [6.07, 6.45) is 1.67. The third kappa shape index (κ3) is 2.21. The zero-order valence-electron chi connectivity index (χ0n) is 10.1. The summed E-state index contributed by atoms with van der Waals surface area (Å²) in [5.74, 6) is 0. The van der Waals surface area contributed by atoms with E-state index in [2.05, 4.69) is 10.3 Å². The van der Waals surface area contributed by atoms with Crippen LogP contribution in [0.3, 0.4) is 0 Å². The molecule has 94 valence electrons. The van der Waals surface area contributed by atoms with Crippen molar-refractivity contribution in [1.82, 2.24) is 15.0 Å². The van der Waals surface area contributed by atoms with Gasteiger partial charge in [-0.05, 0) is 19.9 Å². The predicted octanol–water partition coefficient (Wildman–Crippen LogP) is 1.50. The SMILES string of the molecule is Cc1ccc(-n2cc(C(C)N)nn2)cc1[N+](=O)[O-]. The first kappa shape index (κ1) is 12.2. The molecule has 7 heteroatoms. The molecule has 2 rings (SSSR count). The van der Waals surface area contributed by atoms with E-state index in [0.29, 0.717) is 16.9 Å². The molecule has 0 spiro atoms. The van der Waals surface area contributed by atoms with Gasteiger partial charge >= 0.3 is 0 Å². The van der Waals surface area contributed by atoms with Crippen molar-refractivity contribution in [3.63, 3.8) is 0 Å². The van der Waals surface area contributed by atoms with Crippen LogP contribution in [-0.2, 0) is 0 Å². The quantitative estimate of drug-likeness (QED) is 0.654. The van der Waals surface area contributed by atoms with E-state index in [9.17, 15) is 10.1 Å². The molecule has 0 saturated heterocycles. The third-order valence-electron chi connectivity index (χ3n) is 2.63. The molecule has 0 aliphatic carbocycles. The molecule has 0 amide bonds. The van der Waals surface area contributed by atoms with Gasteiger partial charge in [-0.3, -0.25) is 10.1 Å². The Morgan fingerprint density at radius 1 is 1.50 bits per heavy atom. The van der Waals surface area contributed by atoms with E-state index in [1.807, 2.05) is 0 Å². The van der Waals surface area contributed by atoms with Gasteiger partial charge in [-0.25, -0.2) is 4.68 Å². The number of hydrogen-bond acceptors (Lipinski definition) is 5. The van der Waals surface area contributed by atoms with Crippen LogP contribution in [0.5, 0.6) is 0 Å². The molecule has 2 N–H and O–H groups in total. The number of benzene rings is 1. The van der Waals surface area contributed by atoms with Gasteiger partial charge in [-0.15, -0.1) is 5.10 Å². The van der Waals surface area contributed by atoms with Crippen LogP contribution in [0.15, 0.2) is 24.4 Å². The fourth-order valence-electron chi connectivity index (χ4n) is 1.55. The molecule has 1 atom stereocenters. The normalized spacial score (nSPS) is 12.4. The molecule has 1 heterocycles. The lowest BCUT2D eigenvalue weighted by Gasteiger charge is -2.02. The van der Waals surface area contributed by atoms with E-state index in [0.717, 1.165) is 0 Å². The molecule has 2 aromatic rings. The molecule has 0 bridgehead atoms. The standard InChI is InChI=1S/C11H13N5O2/c1-7-3-4-9(5-11(7)16(17)18)15-6-10(8(2)12)13-14-15/h3-6,8H,12H2,1-2H3. The van der Waals surface area contributed by atoms with E-state index in [1.165, 1.54) is 10.7 Å². The summed E-state index contributed by atoms with van der Waals surface area (Å²) in [6.45, 7) is 3.49. The van der Waals surface area contributed by atoms with Crippen LogP contribution in [0.2, 0.25) is 0 Å². The van der Waals surface area contributed by atoms with Gasteiger partial charge in [-0.2, -0.15) is 0 Å². The Kier molecular flexibility index (Phi) is 3.07. The molecule has 0 saturated carbocycles. The summed E-state index contributed by atoms with van der Waals surface area (Å²) in [5.41, 5.74) is 7.58. The second-order valence-corrected chi connectivity index (χ2v) is 4.10. The maximum atomic E-state index is 10.9. The molecule has 1 aromatic carbocycles. The Bertz CT molecular complexity index is 591. The lowest BCUT2D eigenvalue weighted by molar-refractivity contribution is -0.385. The van der Waals surface area contributed by atoms with Gasteiger partial charge in [0.1, 0.15) is 0 Å². The lowest BCUT2D eigenvalue weighted by Crippen LogP contribution is -2.04. The van der Waals surface area contributed by atoms with Crippen molar-refractivity contribution < 1.29 is 4.92 Å². The molecule has 18 heavy (non-hydrogen) atoms. The number of hydrogen-bond donors (Lipinski definition) is 1. The Labute approximate surface area is 103 Å². The van der Waals surface area contributed by atoms with Crippen molar-refractivity contribution in [2.24, 2.45) is 5.73 Å². The molecule has 7 nitrogen and oxygen atoms in total. The van der Waals surface area contributed by atoms with E-state index in [-0.39, 0.29) is 11.7 Å². The summed E-state index contributed by atoms with van der Waals surface area (Å²) in [5, 5.41) is 18.7. The average molecular weight is 247 g/mol. The highest BCUT2D eigenvalue weighted by Crippen LogP contribution is 2.21. The first-order valence-electron chi connectivity index (χ1n) is 5.42. The smallest absolute Gasteiger partial charge is 0.274 e. The minimum atomic E-state index is -0.414. The monoisotopic (exact) mass is 247 g/mol. The summed E-state index contributed by atoms with van der Waals surface area (Å²) < 4.78 is 1.48. The molecular formula is C11H13N5O2. The van der Waals surface area contributed by atoms with Gasteiger partial charge in [-0.1, -0.05) is 11.3 Å². The first-order chi connectivity index (χ1) is 8.49. The number of nitro groups is 1. The maximum absolute atomic E-state index is 10.9. The minimum absolute atomic E-state index is 0.0605. The maximum Gasteiger partial charge on any atom is 0.274 e. The van der Waals surface area contributed by atoms with Crippen LogP contribution in [0.4, 0.5) is 5.69 Å². The number of rotatable bonds is 3. The van der Waals surface area contributed by atoms with Crippen LogP contribution in [0, 0.1) is 17.0 Å². The van der Waals surface area contributed by atoms with E-state index in [1.54, 1.807) is 32.2 Å². The van der Waals surface area contributed by atoms with E-state index < -0.39 is 4.92 Å². The number of aromatic nitrogens is 3. The van der Waals surface area contributed by atoms with Gasteiger partial charge in [0, 0.05) is 17.7 Å². The van der Waals surface area contributed by atoms with Crippen molar-refractivity contribution in [3.05, 3.63) is 45.8 Å². The number of nitro benzene ring substituents is 1. The van der Waals surface area contributed by atoms with Crippen molar-refractivity contribution in [2.45, 2.75) is 19.9 Å². The Hall–Kier alpha value is -2.28. The van der Waals surface area contributed by atoms with E-state index >= 15 is 0 Å². The van der Waals surface area contributed by atoms with E-state index in [4.69, 9.17) is 5.73 Å². The Morgan fingerprint density at radius 3 is 2.78 bits per heavy atom. The van der Waals surface area contributed by atoms with Crippen LogP contribution in [0.25, 0.3) is 5.69 Å². The van der Waals surface area contributed by atoms with Gasteiger partial charge < -0.3 is 5.73 Å². The highest BCUT2D eigenvalue weighted by Gasteiger charge is 2.13. The van der Waals surface area contributed by atoms with Gasteiger partial charge in [0.25, 0.3) is 5.69 Å². The molecule has 0 fully saturated rings. The average Bonchev–Trinajstić information content (AvgIpc) is 2.78. The zero-order chi connectivity index (χ0) is 13.3. The van der Waals surface area contributed by atoms with Gasteiger partial charge in [0.05, 0.1) is 22.5 Å². The topological polar surface area (TPSA) is 99.9 Å². The second kappa shape index (κ2) is 4.53. The summed E-state index contributed by atoms with van der Waals surface area (Å²) >= 11 is 0. The van der Waals surface area contributed by atoms with Gasteiger partial charge in [0.15, 0.2) is 0 Å². The van der Waals surface area contributed by atoms with Crippen LogP contribution in [-0.4, -0.2) is 19.9 Å². The number of aryl methyl sites for hydroxylation is 1. The molecule has 1 aromatic heterocycles. The predicted molar refractivity (Wildman–Crippen MR) is 65.4 cm³/mol. The lowest BCUT2D eigenvalue weighted by atomic mass is 10.2. The van der Waals surface area contributed by atoms with Crippen molar-refractivity contribution in [1.29, 1.82) is 0 Å². The summed E-state index contributed by atoms with van der Waals surface area (Å²) in [7, 11) is 0. The molecule has 0 radical (unpaired) electrons. The summed E-state index contributed by atoms with van der Waals surface area (Å²) in [6, 6.07) is 4.68. The Balaban J connectivity index is 2.44. The molecule has 1 unspecified atom stereocenters. The highest BCUT2D eigenvalue weighted by atomic mass is 16.6. The largest absolute Gasteiger partial charge is 0.323 e.